The first-order valence-electron chi connectivity index (χ1n) is 7.67. The molecule has 1 aromatic carbocycles. The highest BCUT2D eigenvalue weighted by Gasteiger charge is 2.19. The molecule has 0 saturated carbocycles. The maximum Gasteiger partial charge on any atom is 0.236 e. The molecule has 0 bridgehead atoms. The van der Waals surface area contributed by atoms with Crippen molar-refractivity contribution in [2.24, 2.45) is 0 Å². The van der Waals surface area contributed by atoms with Gasteiger partial charge in [0.25, 0.3) is 0 Å². The fourth-order valence-electron chi connectivity index (χ4n) is 2.30. The van der Waals surface area contributed by atoms with E-state index in [-0.39, 0.29) is 12.5 Å². The number of rotatable bonds is 8. The molecule has 2 rings (SSSR count). The van der Waals surface area contributed by atoms with Gasteiger partial charge in [0.05, 0.1) is 13.7 Å². The first kappa shape index (κ1) is 17.1. The highest BCUT2D eigenvalue weighted by atomic mass is 16.5. The lowest BCUT2D eigenvalue weighted by atomic mass is 10.3. The molecule has 7 nitrogen and oxygen atoms in total. The minimum Gasteiger partial charge on any atom is -0.497 e. The fourth-order valence-corrected chi connectivity index (χ4v) is 2.30. The summed E-state index contributed by atoms with van der Waals surface area (Å²) in [4.78, 5) is 26.1. The van der Waals surface area contributed by atoms with Gasteiger partial charge >= 0.3 is 0 Å². The van der Waals surface area contributed by atoms with E-state index in [4.69, 9.17) is 9.47 Å². The normalized spacial score (nSPS) is 14.5. The number of hydrogen-bond donors (Lipinski definition) is 1. The van der Waals surface area contributed by atoms with Gasteiger partial charge in [-0.2, -0.15) is 0 Å². The van der Waals surface area contributed by atoms with Crippen LogP contribution in [0.2, 0.25) is 0 Å². The molecule has 1 heterocycles. The number of nitrogens with zero attached hydrogens (tertiary/aromatic N) is 2. The van der Waals surface area contributed by atoms with Crippen LogP contribution >= 0.6 is 0 Å². The van der Waals surface area contributed by atoms with Gasteiger partial charge in [-0.3, -0.25) is 9.59 Å². The third-order valence-electron chi connectivity index (χ3n) is 3.70. The highest BCUT2D eigenvalue weighted by molar-refractivity contribution is 5.78. The van der Waals surface area contributed by atoms with E-state index in [1.54, 1.807) is 16.9 Å². The molecular formula is C16H23N3O4. The van der Waals surface area contributed by atoms with Crippen LogP contribution in [-0.2, 0) is 9.59 Å². The monoisotopic (exact) mass is 321 g/mol. The third-order valence-corrected chi connectivity index (χ3v) is 3.70. The molecule has 1 fully saturated rings. The number of carbonyl (C=O) groups is 2. The summed E-state index contributed by atoms with van der Waals surface area (Å²) in [5, 5.41) is 3.08. The van der Waals surface area contributed by atoms with Crippen molar-refractivity contribution in [2.75, 3.05) is 53.0 Å². The minimum absolute atomic E-state index is 0.0556. The van der Waals surface area contributed by atoms with E-state index in [9.17, 15) is 9.59 Å². The van der Waals surface area contributed by atoms with Crippen LogP contribution in [0.1, 0.15) is 0 Å². The molecule has 126 valence electrons. The summed E-state index contributed by atoms with van der Waals surface area (Å²) in [7, 11) is 1.62. The quantitative estimate of drug-likeness (QED) is 0.538. The summed E-state index contributed by atoms with van der Waals surface area (Å²) in [6, 6.07) is 7.36. The smallest absolute Gasteiger partial charge is 0.236 e. The Kier molecular flexibility index (Phi) is 6.68. The van der Waals surface area contributed by atoms with Crippen LogP contribution < -0.4 is 14.8 Å². The molecule has 0 spiro atoms. The van der Waals surface area contributed by atoms with Gasteiger partial charge in [-0.1, -0.05) is 0 Å². The lowest BCUT2D eigenvalue weighted by Crippen LogP contribution is -2.50. The lowest BCUT2D eigenvalue weighted by Gasteiger charge is -2.32. The number of ether oxygens (including phenoxy) is 2. The average Bonchev–Trinajstić information content (AvgIpc) is 2.62. The second-order valence-corrected chi connectivity index (χ2v) is 5.22. The molecule has 0 unspecified atom stereocenters. The summed E-state index contributed by atoms with van der Waals surface area (Å²) < 4.78 is 10.7. The van der Waals surface area contributed by atoms with E-state index in [0.717, 1.165) is 17.9 Å². The summed E-state index contributed by atoms with van der Waals surface area (Å²) in [6.45, 7) is 3.77. The van der Waals surface area contributed by atoms with E-state index < -0.39 is 0 Å². The second-order valence-electron chi connectivity index (χ2n) is 5.22. The number of benzene rings is 1. The van der Waals surface area contributed by atoms with Crippen molar-refractivity contribution in [1.29, 1.82) is 0 Å². The van der Waals surface area contributed by atoms with Crippen LogP contribution in [-0.4, -0.2) is 75.1 Å². The first-order chi connectivity index (χ1) is 11.2. The SMILES string of the molecule is COc1ccc(OCCNCC(=O)N2CCN(C=O)CC2)cc1. The molecular weight excluding hydrogens is 298 g/mol. The van der Waals surface area contributed by atoms with Crippen LogP contribution in [0.4, 0.5) is 0 Å². The molecule has 1 N–H and O–H groups in total. The summed E-state index contributed by atoms with van der Waals surface area (Å²) in [5.74, 6) is 1.61. The molecule has 1 aromatic rings. The maximum absolute atomic E-state index is 12.0. The van der Waals surface area contributed by atoms with E-state index in [2.05, 4.69) is 5.32 Å². The summed E-state index contributed by atoms with van der Waals surface area (Å²) >= 11 is 0. The molecule has 0 atom stereocenters. The van der Waals surface area contributed by atoms with Gasteiger partial charge < -0.3 is 24.6 Å². The Bertz CT molecular complexity index is 499. The molecule has 0 aromatic heterocycles. The maximum atomic E-state index is 12.0. The molecule has 0 radical (unpaired) electrons. The van der Waals surface area contributed by atoms with Crippen LogP contribution in [0.25, 0.3) is 0 Å². The molecule has 0 aliphatic carbocycles. The van der Waals surface area contributed by atoms with Gasteiger partial charge in [0.2, 0.25) is 12.3 Å². The van der Waals surface area contributed by atoms with E-state index in [0.29, 0.717) is 39.3 Å². The Balaban J connectivity index is 1.58. The molecule has 23 heavy (non-hydrogen) atoms. The first-order valence-corrected chi connectivity index (χ1v) is 7.67. The van der Waals surface area contributed by atoms with Crippen LogP contribution in [0, 0.1) is 0 Å². The zero-order valence-electron chi connectivity index (χ0n) is 13.4. The van der Waals surface area contributed by atoms with Gasteiger partial charge in [-0.05, 0) is 24.3 Å². The standard InChI is InChI=1S/C16H23N3O4/c1-22-14-2-4-15(5-3-14)23-11-6-17-12-16(21)19-9-7-18(13-20)8-10-19/h2-5,13,17H,6-12H2,1H3. The van der Waals surface area contributed by atoms with E-state index >= 15 is 0 Å². The zero-order chi connectivity index (χ0) is 16.5. The molecule has 1 saturated heterocycles. The highest BCUT2D eigenvalue weighted by Crippen LogP contribution is 2.16. The average molecular weight is 321 g/mol. The molecule has 2 amide bonds. The topological polar surface area (TPSA) is 71.1 Å². The minimum atomic E-state index is 0.0556. The number of piperazine rings is 1. The predicted octanol–water partition coefficient (Wildman–Crippen LogP) is -0.0358. The van der Waals surface area contributed by atoms with Crippen molar-refractivity contribution in [3.63, 3.8) is 0 Å². The third kappa shape index (κ3) is 5.45. The lowest BCUT2D eigenvalue weighted by molar-refractivity contribution is -0.134. The molecule has 1 aliphatic heterocycles. The van der Waals surface area contributed by atoms with Crippen LogP contribution in [0.5, 0.6) is 11.5 Å². The van der Waals surface area contributed by atoms with Gasteiger partial charge in [0.1, 0.15) is 18.1 Å². The van der Waals surface area contributed by atoms with Crippen molar-refractivity contribution in [3.8, 4) is 11.5 Å². The number of hydrogen-bond acceptors (Lipinski definition) is 5. The van der Waals surface area contributed by atoms with Crippen molar-refractivity contribution < 1.29 is 19.1 Å². The number of amides is 2. The van der Waals surface area contributed by atoms with Gasteiger partial charge in [0, 0.05) is 32.7 Å². The Morgan fingerprint density at radius 1 is 1.17 bits per heavy atom. The van der Waals surface area contributed by atoms with E-state index in [1.165, 1.54) is 0 Å². The summed E-state index contributed by atoms with van der Waals surface area (Å²) in [5.41, 5.74) is 0. The fraction of sp³-hybridized carbons (Fsp3) is 0.500. The van der Waals surface area contributed by atoms with Crippen molar-refractivity contribution >= 4 is 12.3 Å². The predicted molar refractivity (Wildman–Crippen MR) is 85.6 cm³/mol. The van der Waals surface area contributed by atoms with E-state index in [1.807, 2.05) is 24.3 Å². The van der Waals surface area contributed by atoms with Gasteiger partial charge in [-0.25, -0.2) is 0 Å². The largest absolute Gasteiger partial charge is 0.497 e. The number of nitrogens with one attached hydrogen (secondary N) is 1. The molecule has 7 heteroatoms. The van der Waals surface area contributed by atoms with Crippen LogP contribution in [0.15, 0.2) is 24.3 Å². The van der Waals surface area contributed by atoms with Crippen molar-refractivity contribution in [1.82, 2.24) is 15.1 Å². The Morgan fingerprint density at radius 3 is 2.43 bits per heavy atom. The van der Waals surface area contributed by atoms with Crippen LogP contribution in [0.3, 0.4) is 0 Å². The van der Waals surface area contributed by atoms with Gasteiger partial charge in [-0.15, -0.1) is 0 Å². The molecule has 1 aliphatic rings. The van der Waals surface area contributed by atoms with Crippen molar-refractivity contribution in [2.45, 2.75) is 0 Å². The Hall–Kier alpha value is -2.28. The number of methoxy groups -OCH3 is 1. The second kappa shape index (κ2) is 8.99. The van der Waals surface area contributed by atoms with Crippen molar-refractivity contribution in [3.05, 3.63) is 24.3 Å². The Labute approximate surface area is 136 Å². The van der Waals surface area contributed by atoms with Gasteiger partial charge in [0.15, 0.2) is 0 Å². The zero-order valence-corrected chi connectivity index (χ0v) is 13.4. The number of carbonyl (C=O) groups excluding carboxylic acids is 2. The Morgan fingerprint density at radius 2 is 1.83 bits per heavy atom. The summed E-state index contributed by atoms with van der Waals surface area (Å²) in [6.07, 6.45) is 0.830.